The molecule has 0 aromatic carbocycles. The third-order valence-corrected chi connectivity index (χ3v) is 5.44. The van der Waals surface area contributed by atoms with Gasteiger partial charge in [0.2, 0.25) is 0 Å². The quantitative estimate of drug-likeness (QED) is 0.860. The van der Waals surface area contributed by atoms with Gasteiger partial charge in [-0.3, -0.25) is 9.88 Å². The maximum absolute atomic E-state index is 5.96. The molecule has 1 saturated heterocycles. The predicted octanol–water partition coefficient (Wildman–Crippen LogP) is 3.23. The second kappa shape index (κ2) is 5.99. The van der Waals surface area contributed by atoms with Gasteiger partial charge in [0.05, 0.1) is 5.71 Å². The Hall–Kier alpha value is -1.42. The molecular formula is C18H25N3O. The molecule has 1 saturated carbocycles. The van der Waals surface area contributed by atoms with Crippen molar-refractivity contribution in [2.75, 3.05) is 19.6 Å². The minimum atomic E-state index is -0.0813. The van der Waals surface area contributed by atoms with Crippen LogP contribution in [0.1, 0.15) is 50.5 Å². The average molecular weight is 299 g/mol. The molecule has 4 rings (SSSR count). The number of oxime groups is 1. The second-order valence-corrected chi connectivity index (χ2v) is 7.22. The third-order valence-electron chi connectivity index (χ3n) is 5.44. The molecule has 22 heavy (non-hydrogen) atoms. The summed E-state index contributed by atoms with van der Waals surface area (Å²) in [6.07, 6.45) is 12.7. The Morgan fingerprint density at radius 2 is 2.18 bits per heavy atom. The number of aromatic nitrogens is 1. The van der Waals surface area contributed by atoms with Gasteiger partial charge in [0.25, 0.3) is 0 Å². The summed E-state index contributed by atoms with van der Waals surface area (Å²) >= 11 is 0. The Balaban J connectivity index is 1.40. The monoisotopic (exact) mass is 299 g/mol. The molecule has 4 nitrogen and oxygen atoms in total. The SMILES string of the molecule is c1cncc(C2=NOC3(CCCN(CC4CCCC4)C3)C2)c1. The lowest BCUT2D eigenvalue weighted by molar-refractivity contribution is -0.0709. The molecule has 118 valence electrons. The summed E-state index contributed by atoms with van der Waals surface area (Å²) in [6.45, 7) is 3.52. The minimum Gasteiger partial charge on any atom is -0.387 e. The molecule has 3 aliphatic rings. The zero-order valence-corrected chi connectivity index (χ0v) is 13.2. The Labute approximate surface area is 132 Å². The van der Waals surface area contributed by atoms with Crippen molar-refractivity contribution < 1.29 is 4.84 Å². The van der Waals surface area contributed by atoms with E-state index >= 15 is 0 Å². The van der Waals surface area contributed by atoms with Crippen LogP contribution < -0.4 is 0 Å². The van der Waals surface area contributed by atoms with E-state index < -0.39 is 0 Å². The lowest BCUT2D eigenvalue weighted by Gasteiger charge is -2.39. The molecule has 0 N–H and O–H groups in total. The van der Waals surface area contributed by atoms with Crippen LogP contribution in [0.4, 0.5) is 0 Å². The first-order chi connectivity index (χ1) is 10.8. The number of likely N-dealkylation sites (tertiary alicyclic amines) is 1. The summed E-state index contributed by atoms with van der Waals surface area (Å²) in [7, 11) is 0. The number of hydrogen-bond acceptors (Lipinski definition) is 4. The van der Waals surface area contributed by atoms with Crippen LogP contribution in [0.5, 0.6) is 0 Å². The maximum Gasteiger partial charge on any atom is 0.156 e. The highest BCUT2D eigenvalue weighted by molar-refractivity contribution is 6.01. The summed E-state index contributed by atoms with van der Waals surface area (Å²) in [4.78, 5) is 12.8. The van der Waals surface area contributed by atoms with Crippen molar-refractivity contribution in [2.24, 2.45) is 11.1 Å². The van der Waals surface area contributed by atoms with Crippen LogP contribution in [0.3, 0.4) is 0 Å². The molecule has 2 fully saturated rings. The highest BCUT2D eigenvalue weighted by Gasteiger charge is 2.43. The number of pyridine rings is 1. The maximum atomic E-state index is 5.96. The molecule has 1 spiro atoms. The Morgan fingerprint density at radius 1 is 1.27 bits per heavy atom. The fourth-order valence-electron chi connectivity index (χ4n) is 4.33. The van der Waals surface area contributed by atoms with Crippen LogP contribution >= 0.6 is 0 Å². The Morgan fingerprint density at radius 3 is 3.00 bits per heavy atom. The first kappa shape index (κ1) is 14.2. The van der Waals surface area contributed by atoms with Gasteiger partial charge >= 0.3 is 0 Å². The van der Waals surface area contributed by atoms with Crippen molar-refractivity contribution in [1.29, 1.82) is 0 Å². The van der Waals surface area contributed by atoms with Crippen LogP contribution in [0.15, 0.2) is 29.7 Å². The van der Waals surface area contributed by atoms with Crippen LogP contribution in [-0.2, 0) is 4.84 Å². The fraction of sp³-hybridized carbons (Fsp3) is 0.667. The zero-order chi connectivity index (χ0) is 14.8. The number of piperidine rings is 1. The molecule has 2 aliphatic heterocycles. The van der Waals surface area contributed by atoms with E-state index in [2.05, 4.69) is 21.1 Å². The van der Waals surface area contributed by atoms with Crippen molar-refractivity contribution in [2.45, 2.75) is 50.5 Å². The summed E-state index contributed by atoms with van der Waals surface area (Å²) in [5, 5.41) is 4.40. The third kappa shape index (κ3) is 2.89. The molecular weight excluding hydrogens is 274 g/mol. The molecule has 1 aliphatic carbocycles. The predicted molar refractivity (Wildman–Crippen MR) is 86.8 cm³/mol. The molecule has 1 unspecified atom stereocenters. The normalized spacial score (nSPS) is 29.7. The van der Waals surface area contributed by atoms with E-state index in [4.69, 9.17) is 4.84 Å². The van der Waals surface area contributed by atoms with E-state index in [9.17, 15) is 0 Å². The van der Waals surface area contributed by atoms with Crippen LogP contribution in [0.25, 0.3) is 0 Å². The first-order valence-corrected chi connectivity index (χ1v) is 8.71. The van der Waals surface area contributed by atoms with E-state index in [1.165, 1.54) is 45.2 Å². The summed E-state index contributed by atoms with van der Waals surface area (Å²) < 4.78 is 0. The van der Waals surface area contributed by atoms with Gasteiger partial charge in [-0.2, -0.15) is 0 Å². The van der Waals surface area contributed by atoms with E-state index in [1.54, 1.807) is 6.20 Å². The molecule has 1 atom stereocenters. The van der Waals surface area contributed by atoms with Crippen LogP contribution in [0, 0.1) is 5.92 Å². The Bertz CT molecular complexity index is 539. The molecule has 3 heterocycles. The zero-order valence-electron chi connectivity index (χ0n) is 13.2. The van der Waals surface area contributed by atoms with E-state index in [-0.39, 0.29) is 5.60 Å². The summed E-state index contributed by atoms with van der Waals surface area (Å²) in [6, 6.07) is 4.05. The van der Waals surface area contributed by atoms with Gasteiger partial charge in [-0.05, 0) is 50.3 Å². The highest BCUT2D eigenvalue weighted by Crippen LogP contribution is 2.36. The van der Waals surface area contributed by atoms with Gasteiger partial charge in [-0.15, -0.1) is 0 Å². The first-order valence-electron chi connectivity index (χ1n) is 8.71. The molecule has 4 heteroatoms. The van der Waals surface area contributed by atoms with Crippen molar-refractivity contribution in [3.8, 4) is 0 Å². The van der Waals surface area contributed by atoms with E-state index in [1.807, 2.05) is 12.3 Å². The van der Waals surface area contributed by atoms with Crippen molar-refractivity contribution in [1.82, 2.24) is 9.88 Å². The van der Waals surface area contributed by atoms with E-state index in [0.717, 1.165) is 36.6 Å². The van der Waals surface area contributed by atoms with Gasteiger partial charge in [0.1, 0.15) is 0 Å². The van der Waals surface area contributed by atoms with Crippen LogP contribution in [0.2, 0.25) is 0 Å². The summed E-state index contributed by atoms with van der Waals surface area (Å²) in [5.74, 6) is 0.912. The van der Waals surface area contributed by atoms with Gasteiger partial charge < -0.3 is 4.84 Å². The number of nitrogens with zero attached hydrogens (tertiary/aromatic N) is 3. The fourth-order valence-corrected chi connectivity index (χ4v) is 4.33. The molecule has 0 bridgehead atoms. The number of hydrogen-bond donors (Lipinski definition) is 0. The van der Waals surface area contributed by atoms with Gasteiger partial charge in [-0.1, -0.05) is 18.0 Å². The standard InChI is InChI=1S/C18H25N3O/c1-2-6-15(5-1)13-21-10-4-8-18(14-21)11-17(20-22-18)16-7-3-9-19-12-16/h3,7,9,12,15H,1-2,4-6,8,10-11,13-14H2. The minimum absolute atomic E-state index is 0.0813. The van der Waals surface area contributed by atoms with Crippen LogP contribution in [-0.4, -0.2) is 40.8 Å². The lowest BCUT2D eigenvalue weighted by Crippen LogP contribution is -2.49. The van der Waals surface area contributed by atoms with Gasteiger partial charge in [0.15, 0.2) is 5.60 Å². The molecule has 1 aromatic rings. The summed E-state index contributed by atoms with van der Waals surface area (Å²) in [5.41, 5.74) is 2.09. The Kier molecular flexibility index (Phi) is 3.87. The average Bonchev–Trinajstić information content (AvgIpc) is 3.19. The number of rotatable bonds is 3. The van der Waals surface area contributed by atoms with E-state index in [0.29, 0.717) is 0 Å². The molecule has 1 aromatic heterocycles. The van der Waals surface area contributed by atoms with Gasteiger partial charge in [-0.25, -0.2) is 0 Å². The van der Waals surface area contributed by atoms with Crippen molar-refractivity contribution in [3.63, 3.8) is 0 Å². The second-order valence-electron chi connectivity index (χ2n) is 7.22. The molecule has 0 radical (unpaired) electrons. The topological polar surface area (TPSA) is 37.7 Å². The molecule has 0 amide bonds. The largest absolute Gasteiger partial charge is 0.387 e. The van der Waals surface area contributed by atoms with Gasteiger partial charge in [0, 0.05) is 37.5 Å². The lowest BCUT2D eigenvalue weighted by atomic mass is 9.86. The smallest absolute Gasteiger partial charge is 0.156 e. The van der Waals surface area contributed by atoms with Crippen molar-refractivity contribution >= 4 is 5.71 Å². The highest BCUT2D eigenvalue weighted by atomic mass is 16.7. The van der Waals surface area contributed by atoms with Crippen molar-refractivity contribution in [3.05, 3.63) is 30.1 Å².